The van der Waals surface area contributed by atoms with Crippen LogP contribution >= 0.6 is 0 Å². The third-order valence-electron chi connectivity index (χ3n) is 4.72. The van der Waals surface area contributed by atoms with Gasteiger partial charge in [0.15, 0.2) is 0 Å². The van der Waals surface area contributed by atoms with Crippen LogP contribution in [-0.2, 0) is 11.2 Å². The summed E-state index contributed by atoms with van der Waals surface area (Å²) in [6, 6.07) is 8.94. The minimum atomic E-state index is 0.284. The number of anilines is 1. The summed E-state index contributed by atoms with van der Waals surface area (Å²) in [5.74, 6) is 0. The van der Waals surface area contributed by atoms with Gasteiger partial charge in [-0.3, -0.25) is 0 Å². The number of para-hydroxylation sites is 1. The first-order valence-corrected chi connectivity index (χ1v) is 7.88. The second-order valence-electron chi connectivity index (χ2n) is 6.34. The topological polar surface area (TPSA) is 24.5 Å². The first-order valence-electron chi connectivity index (χ1n) is 7.88. The number of fused-ring (bicyclic) bond motifs is 1. The highest BCUT2D eigenvalue weighted by molar-refractivity contribution is 5.54. The molecule has 0 aromatic heterocycles. The molecule has 0 aliphatic carbocycles. The fourth-order valence-electron chi connectivity index (χ4n) is 3.68. The fourth-order valence-corrected chi connectivity index (χ4v) is 3.68. The number of ether oxygens (including phenoxy) is 1. The Balaban J connectivity index is 1.82. The van der Waals surface area contributed by atoms with Gasteiger partial charge in [0.1, 0.15) is 0 Å². The van der Waals surface area contributed by atoms with Gasteiger partial charge in [0.2, 0.25) is 0 Å². The van der Waals surface area contributed by atoms with E-state index in [-0.39, 0.29) is 5.41 Å². The summed E-state index contributed by atoms with van der Waals surface area (Å²) >= 11 is 0. The summed E-state index contributed by atoms with van der Waals surface area (Å²) in [6.07, 6.45) is 5.00. The van der Waals surface area contributed by atoms with E-state index in [1.165, 1.54) is 43.5 Å². The van der Waals surface area contributed by atoms with Crippen LogP contribution in [0.15, 0.2) is 24.3 Å². The van der Waals surface area contributed by atoms with Gasteiger partial charge in [-0.1, -0.05) is 18.2 Å². The third kappa shape index (κ3) is 2.84. The van der Waals surface area contributed by atoms with E-state index >= 15 is 0 Å². The highest BCUT2D eigenvalue weighted by Gasteiger charge is 2.36. The van der Waals surface area contributed by atoms with Crippen LogP contribution in [0, 0.1) is 5.41 Å². The van der Waals surface area contributed by atoms with E-state index in [0.717, 1.165) is 26.3 Å². The molecule has 3 nitrogen and oxygen atoms in total. The van der Waals surface area contributed by atoms with E-state index in [2.05, 4.69) is 41.5 Å². The van der Waals surface area contributed by atoms with Gasteiger partial charge in [-0.05, 0) is 44.4 Å². The SMILES string of the molecule is CNCC1(CN2CCCCc3ccccc32)CCOC1. The highest BCUT2D eigenvalue weighted by Crippen LogP contribution is 2.33. The molecule has 1 aromatic rings. The van der Waals surface area contributed by atoms with Crippen LogP contribution in [0.4, 0.5) is 5.69 Å². The van der Waals surface area contributed by atoms with Crippen LogP contribution in [-0.4, -0.2) is 39.9 Å². The van der Waals surface area contributed by atoms with E-state index in [1.54, 1.807) is 0 Å². The zero-order chi connectivity index (χ0) is 13.8. The lowest BCUT2D eigenvalue weighted by atomic mass is 9.86. The number of nitrogens with one attached hydrogen (secondary N) is 1. The predicted molar refractivity (Wildman–Crippen MR) is 83.4 cm³/mol. The van der Waals surface area contributed by atoms with Crippen LogP contribution < -0.4 is 10.2 Å². The van der Waals surface area contributed by atoms with Gasteiger partial charge >= 0.3 is 0 Å². The Morgan fingerprint density at radius 3 is 3.00 bits per heavy atom. The van der Waals surface area contributed by atoms with Gasteiger partial charge in [0.05, 0.1) is 6.61 Å². The largest absolute Gasteiger partial charge is 0.381 e. The Morgan fingerprint density at radius 2 is 2.20 bits per heavy atom. The van der Waals surface area contributed by atoms with E-state index in [1.807, 2.05) is 0 Å². The highest BCUT2D eigenvalue weighted by atomic mass is 16.5. The lowest BCUT2D eigenvalue weighted by Crippen LogP contribution is -2.44. The number of hydrogen-bond acceptors (Lipinski definition) is 3. The maximum atomic E-state index is 5.71. The molecule has 0 amide bonds. The van der Waals surface area contributed by atoms with Gasteiger partial charge in [0, 0.05) is 37.3 Å². The van der Waals surface area contributed by atoms with Crippen LogP contribution in [0.1, 0.15) is 24.8 Å². The summed E-state index contributed by atoms with van der Waals surface area (Å²) in [6.45, 7) is 5.16. The summed E-state index contributed by atoms with van der Waals surface area (Å²) < 4.78 is 5.71. The Morgan fingerprint density at radius 1 is 1.30 bits per heavy atom. The second kappa shape index (κ2) is 6.15. The van der Waals surface area contributed by atoms with Crippen molar-refractivity contribution in [1.29, 1.82) is 0 Å². The van der Waals surface area contributed by atoms with E-state index in [9.17, 15) is 0 Å². The van der Waals surface area contributed by atoms with Crippen molar-refractivity contribution in [3.05, 3.63) is 29.8 Å². The van der Waals surface area contributed by atoms with Crippen molar-refractivity contribution in [2.45, 2.75) is 25.7 Å². The first kappa shape index (κ1) is 13.9. The molecule has 0 spiro atoms. The van der Waals surface area contributed by atoms with Crippen molar-refractivity contribution in [1.82, 2.24) is 5.32 Å². The van der Waals surface area contributed by atoms with Crippen LogP contribution in [0.5, 0.6) is 0 Å². The van der Waals surface area contributed by atoms with E-state index < -0.39 is 0 Å². The molecular formula is C17H26N2O. The Hall–Kier alpha value is -1.06. The average Bonchev–Trinajstić information content (AvgIpc) is 2.82. The quantitative estimate of drug-likeness (QED) is 0.913. The number of aryl methyl sites for hydroxylation is 1. The van der Waals surface area contributed by atoms with Crippen molar-refractivity contribution >= 4 is 5.69 Å². The van der Waals surface area contributed by atoms with Crippen LogP contribution in [0.3, 0.4) is 0 Å². The van der Waals surface area contributed by atoms with Crippen molar-refractivity contribution in [3.8, 4) is 0 Å². The van der Waals surface area contributed by atoms with Crippen LogP contribution in [0.25, 0.3) is 0 Å². The van der Waals surface area contributed by atoms with Crippen molar-refractivity contribution in [2.24, 2.45) is 5.41 Å². The van der Waals surface area contributed by atoms with Crippen molar-refractivity contribution < 1.29 is 4.74 Å². The zero-order valence-corrected chi connectivity index (χ0v) is 12.5. The molecule has 2 aliphatic heterocycles. The molecule has 0 radical (unpaired) electrons. The number of rotatable bonds is 4. The molecule has 110 valence electrons. The van der Waals surface area contributed by atoms with Gasteiger partial charge in [-0.25, -0.2) is 0 Å². The molecule has 1 unspecified atom stereocenters. The molecule has 1 aromatic carbocycles. The number of hydrogen-bond donors (Lipinski definition) is 1. The standard InChI is InChI=1S/C17H26N2O/c1-18-12-17(9-11-20-14-17)13-19-10-5-4-7-15-6-2-3-8-16(15)19/h2-3,6,8,18H,4-5,7,9-14H2,1H3. The van der Waals surface area contributed by atoms with Gasteiger partial charge in [0.25, 0.3) is 0 Å². The molecule has 20 heavy (non-hydrogen) atoms. The Bertz CT molecular complexity index is 440. The summed E-state index contributed by atoms with van der Waals surface area (Å²) in [5, 5.41) is 3.37. The maximum absolute atomic E-state index is 5.71. The van der Waals surface area contributed by atoms with E-state index in [4.69, 9.17) is 4.74 Å². The van der Waals surface area contributed by atoms with Crippen molar-refractivity contribution in [3.63, 3.8) is 0 Å². The minimum Gasteiger partial charge on any atom is -0.381 e. The second-order valence-corrected chi connectivity index (χ2v) is 6.34. The Kier molecular flexibility index (Phi) is 4.27. The first-order chi connectivity index (χ1) is 9.83. The third-order valence-corrected chi connectivity index (χ3v) is 4.72. The van der Waals surface area contributed by atoms with Crippen LogP contribution in [0.2, 0.25) is 0 Å². The number of nitrogens with zero attached hydrogens (tertiary/aromatic N) is 1. The molecule has 1 fully saturated rings. The lowest BCUT2D eigenvalue weighted by molar-refractivity contribution is 0.153. The summed E-state index contributed by atoms with van der Waals surface area (Å²) in [5.41, 5.74) is 3.25. The summed E-state index contributed by atoms with van der Waals surface area (Å²) in [7, 11) is 2.05. The molecule has 2 aliphatic rings. The molecule has 0 bridgehead atoms. The molecule has 1 N–H and O–H groups in total. The summed E-state index contributed by atoms with van der Waals surface area (Å²) in [4.78, 5) is 2.61. The molecule has 0 saturated carbocycles. The molecule has 3 rings (SSSR count). The fraction of sp³-hybridized carbons (Fsp3) is 0.647. The van der Waals surface area contributed by atoms with Crippen molar-refractivity contribution in [2.75, 3.05) is 44.8 Å². The zero-order valence-electron chi connectivity index (χ0n) is 12.5. The molecule has 1 saturated heterocycles. The van der Waals surface area contributed by atoms with Gasteiger partial charge in [-0.2, -0.15) is 0 Å². The number of benzene rings is 1. The average molecular weight is 274 g/mol. The molecule has 3 heteroatoms. The minimum absolute atomic E-state index is 0.284. The lowest BCUT2D eigenvalue weighted by Gasteiger charge is -2.35. The maximum Gasteiger partial charge on any atom is 0.0552 e. The smallest absolute Gasteiger partial charge is 0.0552 e. The molecule has 1 atom stereocenters. The predicted octanol–water partition coefficient (Wildman–Crippen LogP) is 2.46. The van der Waals surface area contributed by atoms with Gasteiger partial charge in [-0.15, -0.1) is 0 Å². The molecular weight excluding hydrogens is 248 g/mol. The molecule has 2 heterocycles. The Labute approximate surface area is 122 Å². The normalized spacial score (nSPS) is 26.4. The van der Waals surface area contributed by atoms with Gasteiger partial charge < -0.3 is 15.0 Å². The van der Waals surface area contributed by atoms with E-state index in [0.29, 0.717) is 0 Å². The monoisotopic (exact) mass is 274 g/mol.